The average molecular weight is 279 g/mol. The molecule has 2 aromatic rings. The predicted molar refractivity (Wildman–Crippen MR) is 90.6 cm³/mol. The van der Waals surface area contributed by atoms with Crippen molar-refractivity contribution in [2.75, 3.05) is 6.54 Å². The second-order valence-electron chi connectivity index (χ2n) is 6.16. The van der Waals surface area contributed by atoms with E-state index < -0.39 is 0 Å². The molecule has 21 heavy (non-hydrogen) atoms. The second kappa shape index (κ2) is 6.44. The van der Waals surface area contributed by atoms with Gasteiger partial charge in [-0.15, -0.1) is 0 Å². The zero-order valence-electron chi connectivity index (χ0n) is 13.2. The number of rotatable bonds is 5. The summed E-state index contributed by atoms with van der Waals surface area (Å²) in [6.07, 6.45) is 4.09. The SMILES string of the molecule is CCNCc1ccc(C)cc1-c1ccccc1C1CCC1. The van der Waals surface area contributed by atoms with E-state index >= 15 is 0 Å². The fraction of sp³-hybridized carbons (Fsp3) is 0.400. The normalized spacial score (nSPS) is 15.0. The lowest BCUT2D eigenvalue weighted by atomic mass is 9.76. The van der Waals surface area contributed by atoms with Crippen molar-refractivity contribution in [3.05, 3.63) is 59.2 Å². The largest absolute Gasteiger partial charge is 0.313 e. The van der Waals surface area contributed by atoms with E-state index in [0.29, 0.717) is 0 Å². The third kappa shape index (κ3) is 3.03. The van der Waals surface area contributed by atoms with Gasteiger partial charge in [0.25, 0.3) is 0 Å². The molecule has 3 rings (SSSR count). The fourth-order valence-corrected chi connectivity index (χ4v) is 3.17. The highest BCUT2D eigenvalue weighted by atomic mass is 14.8. The molecule has 110 valence electrons. The van der Waals surface area contributed by atoms with Crippen LogP contribution in [0.3, 0.4) is 0 Å². The van der Waals surface area contributed by atoms with E-state index in [2.05, 4.69) is 61.6 Å². The molecular formula is C20H25N. The molecule has 0 saturated heterocycles. The summed E-state index contributed by atoms with van der Waals surface area (Å²) in [5.41, 5.74) is 7.16. The minimum Gasteiger partial charge on any atom is -0.313 e. The van der Waals surface area contributed by atoms with E-state index in [9.17, 15) is 0 Å². The summed E-state index contributed by atoms with van der Waals surface area (Å²) in [4.78, 5) is 0. The van der Waals surface area contributed by atoms with E-state index in [1.165, 1.54) is 41.5 Å². The maximum atomic E-state index is 3.47. The number of benzene rings is 2. The Bertz CT molecular complexity index is 611. The van der Waals surface area contributed by atoms with Crippen molar-refractivity contribution >= 4 is 0 Å². The summed E-state index contributed by atoms with van der Waals surface area (Å²) >= 11 is 0. The predicted octanol–water partition coefficient (Wildman–Crippen LogP) is 5.04. The summed E-state index contributed by atoms with van der Waals surface area (Å²) in [6.45, 7) is 6.31. The van der Waals surface area contributed by atoms with Gasteiger partial charge in [0.2, 0.25) is 0 Å². The number of nitrogens with one attached hydrogen (secondary N) is 1. The van der Waals surface area contributed by atoms with Crippen LogP contribution in [0.5, 0.6) is 0 Å². The summed E-state index contributed by atoms with van der Waals surface area (Å²) in [7, 11) is 0. The number of hydrogen-bond acceptors (Lipinski definition) is 1. The highest BCUT2D eigenvalue weighted by Gasteiger charge is 2.22. The number of hydrogen-bond donors (Lipinski definition) is 1. The second-order valence-corrected chi connectivity index (χ2v) is 6.16. The van der Waals surface area contributed by atoms with E-state index in [-0.39, 0.29) is 0 Å². The molecule has 1 aliphatic carbocycles. The molecule has 0 atom stereocenters. The first kappa shape index (κ1) is 14.3. The molecule has 1 N–H and O–H groups in total. The van der Waals surface area contributed by atoms with Gasteiger partial charge in [-0.1, -0.05) is 61.4 Å². The van der Waals surface area contributed by atoms with Crippen LogP contribution in [0, 0.1) is 6.92 Å². The Morgan fingerprint density at radius 2 is 1.86 bits per heavy atom. The Morgan fingerprint density at radius 3 is 2.57 bits per heavy atom. The monoisotopic (exact) mass is 279 g/mol. The van der Waals surface area contributed by atoms with Crippen molar-refractivity contribution in [3.8, 4) is 11.1 Å². The van der Waals surface area contributed by atoms with Gasteiger partial charge in [-0.05, 0) is 54.5 Å². The van der Waals surface area contributed by atoms with Crippen molar-refractivity contribution in [2.45, 2.75) is 45.6 Å². The van der Waals surface area contributed by atoms with Gasteiger partial charge in [0.05, 0.1) is 0 Å². The molecule has 1 nitrogen and oxygen atoms in total. The van der Waals surface area contributed by atoms with Gasteiger partial charge in [0.1, 0.15) is 0 Å². The van der Waals surface area contributed by atoms with Gasteiger partial charge in [-0.25, -0.2) is 0 Å². The average Bonchev–Trinajstić information content (AvgIpc) is 2.45. The molecular weight excluding hydrogens is 254 g/mol. The van der Waals surface area contributed by atoms with Crippen molar-refractivity contribution in [1.82, 2.24) is 5.32 Å². The molecule has 1 aliphatic rings. The van der Waals surface area contributed by atoms with Crippen LogP contribution in [0.1, 0.15) is 48.8 Å². The quantitative estimate of drug-likeness (QED) is 0.808. The van der Waals surface area contributed by atoms with Crippen molar-refractivity contribution < 1.29 is 0 Å². The van der Waals surface area contributed by atoms with Crippen LogP contribution in [0.25, 0.3) is 11.1 Å². The lowest BCUT2D eigenvalue weighted by Crippen LogP contribution is -2.14. The molecule has 0 aromatic heterocycles. The van der Waals surface area contributed by atoms with E-state index in [1.807, 2.05) is 0 Å². The standard InChI is InChI=1S/C20H25N/c1-3-21-14-17-12-11-15(2)13-20(17)19-10-5-4-9-18(19)16-7-6-8-16/h4-5,9-13,16,21H,3,6-8,14H2,1-2H3. The first-order valence-corrected chi connectivity index (χ1v) is 8.19. The Kier molecular flexibility index (Phi) is 4.40. The maximum absolute atomic E-state index is 3.47. The van der Waals surface area contributed by atoms with Crippen LogP contribution in [-0.4, -0.2) is 6.54 Å². The summed E-state index contributed by atoms with van der Waals surface area (Å²) in [5.74, 6) is 0.772. The van der Waals surface area contributed by atoms with E-state index in [4.69, 9.17) is 0 Å². The van der Waals surface area contributed by atoms with E-state index in [1.54, 1.807) is 5.56 Å². The number of aryl methyl sites for hydroxylation is 1. The molecule has 1 saturated carbocycles. The first-order chi connectivity index (χ1) is 10.3. The van der Waals surface area contributed by atoms with Gasteiger partial charge >= 0.3 is 0 Å². The van der Waals surface area contributed by atoms with Crippen LogP contribution in [0.15, 0.2) is 42.5 Å². The molecule has 1 heteroatoms. The molecule has 0 heterocycles. The maximum Gasteiger partial charge on any atom is 0.0211 e. The third-order valence-electron chi connectivity index (χ3n) is 4.63. The molecule has 2 aromatic carbocycles. The van der Waals surface area contributed by atoms with Crippen LogP contribution >= 0.6 is 0 Å². The summed E-state index contributed by atoms with van der Waals surface area (Å²) in [5, 5.41) is 3.47. The fourth-order valence-electron chi connectivity index (χ4n) is 3.17. The Labute approximate surface area is 128 Å². The lowest BCUT2D eigenvalue weighted by molar-refractivity contribution is 0.420. The summed E-state index contributed by atoms with van der Waals surface area (Å²) in [6, 6.07) is 15.9. The molecule has 0 spiro atoms. The minimum atomic E-state index is 0.772. The molecule has 0 aliphatic heterocycles. The topological polar surface area (TPSA) is 12.0 Å². The smallest absolute Gasteiger partial charge is 0.0211 e. The van der Waals surface area contributed by atoms with Crippen LogP contribution < -0.4 is 5.32 Å². The highest BCUT2D eigenvalue weighted by Crippen LogP contribution is 2.41. The van der Waals surface area contributed by atoms with Gasteiger partial charge in [-0.2, -0.15) is 0 Å². The third-order valence-corrected chi connectivity index (χ3v) is 4.63. The van der Waals surface area contributed by atoms with Gasteiger partial charge in [0, 0.05) is 6.54 Å². The van der Waals surface area contributed by atoms with Crippen LogP contribution in [-0.2, 0) is 6.54 Å². The van der Waals surface area contributed by atoms with Crippen LogP contribution in [0.4, 0.5) is 0 Å². The van der Waals surface area contributed by atoms with Crippen LogP contribution in [0.2, 0.25) is 0 Å². The van der Waals surface area contributed by atoms with Crippen molar-refractivity contribution in [3.63, 3.8) is 0 Å². The Morgan fingerprint density at radius 1 is 1.05 bits per heavy atom. The Balaban J connectivity index is 2.04. The molecule has 0 unspecified atom stereocenters. The molecule has 1 fully saturated rings. The lowest BCUT2D eigenvalue weighted by Gasteiger charge is -2.28. The molecule has 0 amide bonds. The molecule has 0 radical (unpaired) electrons. The van der Waals surface area contributed by atoms with Gasteiger partial charge in [-0.3, -0.25) is 0 Å². The van der Waals surface area contributed by atoms with E-state index in [0.717, 1.165) is 19.0 Å². The minimum absolute atomic E-state index is 0.772. The Hall–Kier alpha value is -1.60. The zero-order valence-corrected chi connectivity index (χ0v) is 13.2. The summed E-state index contributed by atoms with van der Waals surface area (Å²) < 4.78 is 0. The van der Waals surface area contributed by atoms with Gasteiger partial charge < -0.3 is 5.32 Å². The highest BCUT2D eigenvalue weighted by molar-refractivity contribution is 5.72. The first-order valence-electron chi connectivity index (χ1n) is 8.19. The van der Waals surface area contributed by atoms with Crippen molar-refractivity contribution in [1.29, 1.82) is 0 Å². The van der Waals surface area contributed by atoms with Gasteiger partial charge in [0.15, 0.2) is 0 Å². The zero-order chi connectivity index (χ0) is 14.7. The molecule has 0 bridgehead atoms. The van der Waals surface area contributed by atoms with Crippen molar-refractivity contribution in [2.24, 2.45) is 0 Å².